The van der Waals surface area contributed by atoms with E-state index in [0.29, 0.717) is 17.9 Å². The van der Waals surface area contributed by atoms with Gasteiger partial charge in [0, 0.05) is 43.8 Å². The minimum atomic E-state index is -0.393. The molecule has 0 aliphatic carbocycles. The first-order chi connectivity index (χ1) is 19.2. The van der Waals surface area contributed by atoms with Crippen molar-refractivity contribution in [2.75, 3.05) is 25.5 Å². The summed E-state index contributed by atoms with van der Waals surface area (Å²) in [5.74, 6) is -0.146. The molecular formula is C31H33N5O4. The van der Waals surface area contributed by atoms with Crippen LogP contribution in [0.5, 0.6) is 5.75 Å². The van der Waals surface area contributed by atoms with Gasteiger partial charge in [0.05, 0.1) is 12.2 Å². The van der Waals surface area contributed by atoms with Gasteiger partial charge in [0.15, 0.2) is 11.4 Å². The van der Waals surface area contributed by atoms with Crippen molar-refractivity contribution in [2.24, 2.45) is 0 Å². The molecule has 0 fully saturated rings. The van der Waals surface area contributed by atoms with Crippen molar-refractivity contribution in [1.29, 1.82) is 0 Å². The molecule has 2 heterocycles. The second kappa shape index (κ2) is 12.3. The number of fused-ring (bicyclic) bond motifs is 1. The maximum Gasteiger partial charge on any atom is 0.251 e. The van der Waals surface area contributed by atoms with Gasteiger partial charge in [-0.15, -0.1) is 0 Å². The Morgan fingerprint density at radius 1 is 1.05 bits per heavy atom. The molecule has 9 nitrogen and oxygen atoms in total. The van der Waals surface area contributed by atoms with Crippen LogP contribution in [0.1, 0.15) is 38.3 Å². The molecule has 0 unspecified atom stereocenters. The molecule has 2 aromatic heterocycles. The summed E-state index contributed by atoms with van der Waals surface area (Å²) in [6, 6.07) is 14.5. The summed E-state index contributed by atoms with van der Waals surface area (Å²) in [6.07, 6.45) is 6.86. The van der Waals surface area contributed by atoms with E-state index < -0.39 is 5.91 Å². The zero-order valence-electron chi connectivity index (χ0n) is 23.3. The number of nitrogens with zero attached hydrogens (tertiary/aromatic N) is 3. The van der Waals surface area contributed by atoms with Crippen LogP contribution in [0.3, 0.4) is 0 Å². The molecule has 0 radical (unpaired) electrons. The lowest BCUT2D eigenvalue weighted by atomic mass is 10.0. The number of rotatable bonds is 9. The Morgan fingerprint density at radius 2 is 1.80 bits per heavy atom. The van der Waals surface area contributed by atoms with Gasteiger partial charge in [0.25, 0.3) is 5.91 Å². The highest BCUT2D eigenvalue weighted by molar-refractivity contribution is 5.99. The summed E-state index contributed by atoms with van der Waals surface area (Å²) in [4.78, 5) is 43.0. The van der Waals surface area contributed by atoms with Crippen molar-refractivity contribution in [3.63, 3.8) is 0 Å². The average molecular weight is 540 g/mol. The van der Waals surface area contributed by atoms with E-state index in [1.165, 1.54) is 6.08 Å². The van der Waals surface area contributed by atoms with Crippen LogP contribution in [-0.4, -0.2) is 47.7 Å². The predicted molar refractivity (Wildman–Crippen MR) is 155 cm³/mol. The Labute approximate surface area is 233 Å². The number of imidazole rings is 1. The van der Waals surface area contributed by atoms with E-state index in [1.807, 2.05) is 61.8 Å². The van der Waals surface area contributed by atoms with E-state index in [1.54, 1.807) is 49.3 Å². The van der Waals surface area contributed by atoms with Crippen LogP contribution in [0, 0.1) is 20.8 Å². The number of carbonyl (C=O) groups is 3. The smallest absolute Gasteiger partial charge is 0.251 e. The summed E-state index contributed by atoms with van der Waals surface area (Å²) in [7, 11) is 3.26. The number of carbonyl (C=O) groups excluding carboxylic acids is 3. The first-order valence-electron chi connectivity index (χ1n) is 12.9. The Bertz CT molecular complexity index is 1590. The highest BCUT2D eigenvalue weighted by Crippen LogP contribution is 2.28. The molecule has 4 aromatic rings. The zero-order chi connectivity index (χ0) is 28.8. The Hall–Kier alpha value is -4.92. The van der Waals surface area contributed by atoms with Crippen molar-refractivity contribution < 1.29 is 19.1 Å². The topological polar surface area (TPSA) is 105 Å². The summed E-state index contributed by atoms with van der Waals surface area (Å²) < 4.78 is 8.10. The summed E-state index contributed by atoms with van der Waals surface area (Å²) in [5, 5.41) is 5.20. The second-order valence-corrected chi connectivity index (χ2v) is 9.48. The van der Waals surface area contributed by atoms with E-state index >= 15 is 0 Å². The average Bonchev–Trinajstić information content (AvgIpc) is 3.35. The minimum Gasteiger partial charge on any atom is -0.485 e. The van der Waals surface area contributed by atoms with Crippen molar-refractivity contribution in [1.82, 2.24) is 20.0 Å². The number of ether oxygens (including phenoxy) is 1. The second-order valence-electron chi connectivity index (χ2n) is 9.48. The number of amides is 3. The van der Waals surface area contributed by atoms with Crippen LogP contribution in [-0.2, 0) is 16.2 Å². The first kappa shape index (κ1) is 28.1. The molecule has 0 spiro atoms. The number of benzene rings is 2. The van der Waals surface area contributed by atoms with Gasteiger partial charge in [-0.2, -0.15) is 0 Å². The monoisotopic (exact) mass is 539 g/mol. The van der Waals surface area contributed by atoms with Crippen molar-refractivity contribution >= 4 is 35.1 Å². The van der Waals surface area contributed by atoms with Gasteiger partial charge in [-0.05, 0) is 79.4 Å². The molecule has 0 aliphatic heterocycles. The molecule has 0 saturated carbocycles. The molecule has 0 atom stereocenters. The lowest BCUT2D eigenvalue weighted by Gasteiger charge is -2.23. The molecule has 206 valence electrons. The van der Waals surface area contributed by atoms with Gasteiger partial charge in [0.2, 0.25) is 11.8 Å². The van der Waals surface area contributed by atoms with Gasteiger partial charge in [0.1, 0.15) is 6.61 Å². The van der Waals surface area contributed by atoms with Crippen LogP contribution in [0.15, 0.2) is 67.0 Å². The maximum atomic E-state index is 12.9. The van der Waals surface area contributed by atoms with Gasteiger partial charge in [-0.1, -0.05) is 18.2 Å². The van der Waals surface area contributed by atoms with Crippen molar-refractivity contribution in [2.45, 2.75) is 27.4 Å². The highest BCUT2D eigenvalue weighted by Gasteiger charge is 2.17. The van der Waals surface area contributed by atoms with Crippen LogP contribution >= 0.6 is 0 Å². The van der Waals surface area contributed by atoms with E-state index in [2.05, 4.69) is 15.6 Å². The van der Waals surface area contributed by atoms with Crippen LogP contribution in [0.2, 0.25) is 0 Å². The van der Waals surface area contributed by atoms with Crippen LogP contribution in [0.25, 0.3) is 11.7 Å². The van der Waals surface area contributed by atoms with Crippen molar-refractivity contribution in [3.05, 3.63) is 101 Å². The fourth-order valence-electron chi connectivity index (χ4n) is 4.37. The molecular weight excluding hydrogens is 506 g/mol. The van der Waals surface area contributed by atoms with Gasteiger partial charge in [-0.25, -0.2) is 4.98 Å². The Kier molecular flexibility index (Phi) is 8.63. The van der Waals surface area contributed by atoms with Gasteiger partial charge >= 0.3 is 0 Å². The van der Waals surface area contributed by atoms with Crippen molar-refractivity contribution in [3.8, 4) is 5.75 Å². The molecule has 4 rings (SSSR count). The van der Waals surface area contributed by atoms with E-state index in [4.69, 9.17) is 4.74 Å². The molecule has 2 aromatic carbocycles. The normalized spacial score (nSPS) is 11.0. The number of nitrogens with one attached hydrogen (secondary N) is 2. The molecule has 0 saturated heterocycles. The van der Waals surface area contributed by atoms with E-state index in [-0.39, 0.29) is 18.4 Å². The lowest BCUT2D eigenvalue weighted by molar-refractivity contribution is -0.122. The van der Waals surface area contributed by atoms with Gasteiger partial charge < -0.3 is 24.7 Å². The summed E-state index contributed by atoms with van der Waals surface area (Å²) in [6.45, 7) is 6.08. The molecule has 3 amide bonds. The molecule has 9 heteroatoms. The largest absolute Gasteiger partial charge is 0.485 e. The van der Waals surface area contributed by atoms with Gasteiger partial charge in [-0.3, -0.25) is 14.4 Å². The number of hydrogen-bond donors (Lipinski definition) is 2. The number of hydrogen-bond acceptors (Lipinski definition) is 5. The van der Waals surface area contributed by atoms with Crippen LogP contribution < -0.4 is 20.3 Å². The fraction of sp³-hybridized carbons (Fsp3) is 0.226. The third-order valence-electron chi connectivity index (χ3n) is 6.72. The summed E-state index contributed by atoms with van der Waals surface area (Å²) >= 11 is 0. The number of anilines is 1. The minimum absolute atomic E-state index is 0.157. The maximum absolute atomic E-state index is 12.9. The van der Waals surface area contributed by atoms with Crippen LogP contribution in [0.4, 0.5) is 5.69 Å². The predicted octanol–water partition coefficient (Wildman–Crippen LogP) is 3.99. The third kappa shape index (κ3) is 6.37. The fourth-order valence-corrected chi connectivity index (χ4v) is 4.37. The quantitative estimate of drug-likeness (QED) is 0.313. The van der Waals surface area contributed by atoms with E-state index in [0.717, 1.165) is 39.3 Å². The number of aryl methyl sites for hydroxylation is 2. The first-order valence-corrected chi connectivity index (χ1v) is 12.9. The lowest BCUT2D eigenvalue weighted by Crippen LogP contribution is -2.38. The molecule has 2 N–H and O–H groups in total. The highest BCUT2D eigenvalue weighted by atomic mass is 16.5. The molecule has 0 bridgehead atoms. The SMILES string of the molecule is CNC(=O)c1ccc(C=CC(=O)NCC(=O)N(C)c2ccc(C)c(COc3cccn4cc(C)nc34)c2C)cc1. The summed E-state index contributed by atoms with van der Waals surface area (Å²) in [5.41, 5.74) is 6.65. The standard InChI is InChI=1S/C31H33N5O4/c1-20-8-14-26(22(3)25(20)19-40-27-7-6-16-36-18-21(2)34-30(27)36)35(5)29(38)17-33-28(37)15-11-23-9-12-24(13-10-23)31(39)32-4/h6-16,18H,17,19H2,1-5H3,(H,32,39)(H,33,37). The third-order valence-corrected chi connectivity index (χ3v) is 6.72. The number of aromatic nitrogens is 2. The van der Waals surface area contributed by atoms with E-state index in [9.17, 15) is 14.4 Å². The number of likely N-dealkylation sites (N-methyl/N-ethyl adjacent to an activating group) is 1. The number of pyridine rings is 1. The molecule has 40 heavy (non-hydrogen) atoms. The Morgan fingerprint density at radius 3 is 2.52 bits per heavy atom. The zero-order valence-corrected chi connectivity index (χ0v) is 23.3. The Balaban J connectivity index is 1.37. The molecule has 0 aliphatic rings.